The van der Waals surface area contributed by atoms with Crippen LogP contribution in [0.25, 0.3) is 0 Å². The molecular formula is C28H46EuO2. The van der Waals surface area contributed by atoms with Gasteiger partial charge in [0.25, 0.3) is 0 Å². The third-order valence-electron chi connectivity index (χ3n) is 7.28. The molecular weight excluding hydrogens is 520 g/mol. The van der Waals surface area contributed by atoms with Crippen molar-refractivity contribution < 1.29 is 58.9 Å². The number of hydrogen-bond donors (Lipinski definition) is 0. The van der Waals surface area contributed by atoms with Gasteiger partial charge in [-0.1, -0.05) is 69.2 Å². The number of rotatable bonds is 0. The summed E-state index contributed by atoms with van der Waals surface area (Å²) in [6.45, 7) is 26.0. The van der Waals surface area contributed by atoms with Crippen LogP contribution in [0.15, 0.2) is 0 Å². The summed E-state index contributed by atoms with van der Waals surface area (Å²) in [7, 11) is 0. The summed E-state index contributed by atoms with van der Waals surface area (Å²) in [5.74, 6) is 14.7. The zero-order valence-electron chi connectivity index (χ0n) is 21.9. The van der Waals surface area contributed by atoms with Gasteiger partial charge in [-0.2, -0.15) is 0 Å². The second-order valence-corrected chi connectivity index (χ2v) is 8.89. The van der Waals surface area contributed by atoms with Crippen LogP contribution >= 0.6 is 0 Å². The van der Waals surface area contributed by atoms with E-state index in [0.717, 1.165) is 26.4 Å². The molecule has 3 heteroatoms. The van der Waals surface area contributed by atoms with Crippen LogP contribution in [0.4, 0.5) is 0 Å². The fourth-order valence-electron chi connectivity index (χ4n) is 3.83. The Balaban J connectivity index is 0.000000401. The molecule has 2 saturated heterocycles. The van der Waals surface area contributed by atoms with E-state index in [1.807, 2.05) is 0 Å². The molecule has 0 atom stereocenters. The minimum atomic E-state index is 0. The van der Waals surface area contributed by atoms with E-state index in [1.54, 1.807) is 0 Å². The van der Waals surface area contributed by atoms with Gasteiger partial charge in [0, 0.05) is 75.8 Å². The van der Waals surface area contributed by atoms with Crippen molar-refractivity contribution in [2.75, 3.05) is 26.4 Å². The van der Waals surface area contributed by atoms with Crippen LogP contribution in [0.2, 0.25) is 0 Å². The molecule has 4 rings (SSSR count). The first-order valence-corrected chi connectivity index (χ1v) is 11.7. The maximum Gasteiger partial charge on any atom is 0.0466 e. The SMILES string of the molecule is C1CCOC1.C1CCOC1.C[C]1[C](C)[C](C)[C](C)[C]1C.C[C]1[C](C)[C](C)[C](C)[C]1C.[Eu]. The zero-order valence-corrected chi connectivity index (χ0v) is 24.3. The largest absolute Gasteiger partial charge is 0.381 e. The fraction of sp³-hybridized carbons (Fsp3) is 0.643. The molecule has 0 unspecified atom stereocenters. The van der Waals surface area contributed by atoms with Crippen LogP contribution in [-0.4, -0.2) is 26.4 Å². The summed E-state index contributed by atoms with van der Waals surface area (Å²) in [5.41, 5.74) is 0. The van der Waals surface area contributed by atoms with Gasteiger partial charge in [-0.25, -0.2) is 0 Å². The molecule has 0 N–H and O–H groups in total. The van der Waals surface area contributed by atoms with E-state index in [1.165, 1.54) is 84.9 Å². The van der Waals surface area contributed by atoms with Crippen LogP contribution in [0.5, 0.6) is 0 Å². The van der Waals surface area contributed by atoms with Crippen molar-refractivity contribution in [3.63, 3.8) is 0 Å². The average molecular weight is 567 g/mol. The Kier molecular flexibility index (Phi) is 17.8. The molecule has 177 valence electrons. The van der Waals surface area contributed by atoms with Crippen LogP contribution in [-0.2, 0) is 9.47 Å². The van der Waals surface area contributed by atoms with Crippen molar-refractivity contribution in [1.29, 1.82) is 0 Å². The van der Waals surface area contributed by atoms with Crippen LogP contribution in [0.1, 0.15) is 94.9 Å². The van der Waals surface area contributed by atoms with Gasteiger partial charge in [0.1, 0.15) is 0 Å². The first kappa shape index (κ1) is 32.5. The van der Waals surface area contributed by atoms with Gasteiger partial charge in [0.05, 0.1) is 0 Å². The summed E-state index contributed by atoms with van der Waals surface area (Å²) >= 11 is 0. The molecule has 0 aromatic carbocycles. The van der Waals surface area contributed by atoms with Crippen LogP contribution in [0.3, 0.4) is 0 Å². The van der Waals surface area contributed by atoms with E-state index in [2.05, 4.69) is 69.2 Å². The molecule has 2 heterocycles. The number of hydrogen-bond acceptors (Lipinski definition) is 2. The van der Waals surface area contributed by atoms with E-state index in [9.17, 15) is 0 Å². The monoisotopic (exact) mass is 567 g/mol. The molecule has 31 heavy (non-hydrogen) atoms. The quantitative estimate of drug-likeness (QED) is 0.302. The summed E-state index contributed by atoms with van der Waals surface area (Å²) < 4.78 is 9.89. The minimum absolute atomic E-state index is 0. The zero-order chi connectivity index (χ0) is 22.8. The summed E-state index contributed by atoms with van der Waals surface area (Å²) in [6, 6.07) is 0. The topological polar surface area (TPSA) is 18.5 Å². The van der Waals surface area contributed by atoms with Crippen molar-refractivity contribution >= 4 is 0 Å². The minimum Gasteiger partial charge on any atom is -0.381 e. The maximum absolute atomic E-state index is 4.94. The van der Waals surface area contributed by atoms with Crippen molar-refractivity contribution in [3.05, 3.63) is 59.2 Å². The Hall–Kier alpha value is 1.50. The second-order valence-electron chi connectivity index (χ2n) is 8.89. The molecule has 0 spiro atoms. The van der Waals surface area contributed by atoms with Gasteiger partial charge in [0.2, 0.25) is 0 Å². The third kappa shape index (κ3) is 10.3. The second kappa shape index (κ2) is 17.0. The van der Waals surface area contributed by atoms with Gasteiger partial charge in [-0.05, 0) is 84.9 Å². The Morgan fingerprint density at radius 2 is 0.452 bits per heavy atom. The molecule has 0 bridgehead atoms. The molecule has 2 aliphatic heterocycles. The molecule has 0 aromatic heterocycles. The molecule has 0 amide bonds. The van der Waals surface area contributed by atoms with Gasteiger partial charge in [-0.15, -0.1) is 0 Å². The first-order chi connectivity index (χ1) is 14.1. The van der Waals surface area contributed by atoms with Crippen LogP contribution in [0, 0.1) is 109 Å². The van der Waals surface area contributed by atoms with Crippen molar-refractivity contribution in [2.45, 2.75) is 94.9 Å². The molecule has 4 aliphatic rings. The maximum atomic E-state index is 4.94. The molecule has 0 aromatic rings. The fourth-order valence-corrected chi connectivity index (χ4v) is 3.83. The number of ether oxygens (including phenoxy) is 2. The van der Waals surface area contributed by atoms with Gasteiger partial charge in [0.15, 0.2) is 0 Å². The van der Waals surface area contributed by atoms with E-state index in [0.29, 0.717) is 0 Å². The van der Waals surface area contributed by atoms with Gasteiger partial charge in [-0.3, -0.25) is 0 Å². The van der Waals surface area contributed by atoms with Crippen LogP contribution < -0.4 is 0 Å². The third-order valence-corrected chi connectivity index (χ3v) is 7.28. The van der Waals surface area contributed by atoms with E-state index >= 15 is 0 Å². The molecule has 11 radical (unpaired) electrons. The Morgan fingerprint density at radius 3 is 0.516 bits per heavy atom. The Morgan fingerprint density at radius 1 is 0.323 bits per heavy atom. The van der Waals surface area contributed by atoms with Crippen molar-refractivity contribution in [3.8, 4) is 0 Å². The summed E-state index contributed by atoms with van der Waals surface area (Å²) in [5, 5.41) is 0. The first-order valence-electron chi connectivity index (χ1n) is 11.7. The normalized spacial score (nSPS) is 26.1. The standard InChI is InChI=1S/2C10H15.2C4H8O.Eu/c2*1-6-7(2)9(4)10(5)8(6)3;2*1-2-4-5-3-1;/h2*1-5H3;2*1-4H2;. The average Bonchev–Trinajstić information content (AvgIpc) is 3.56. The van der Waals surface area contributed by atoms with Gasteiger partial charge < -0.3 is 9.47 Å². The molecule has 2 nitrogen and oxygen atoms in total. The van der Waals surface area contributed by atoms with Crippen molar-refractivity contribution in [2.24, 2.45) is 0 Å². The predicted molar refractivity (Wildman–Crippen MR) is 129 cm³/mol. The van der Waals surface area contributed by atoms with Gasteiger partial charge >= 0.3 is 0 Å². The Labute approximate surface area is 237 Å². The summed E-state index contributed by atoms with van der Waals surface area (Å²) in [6.07, 6.45) is 5.11. The van der Waals surface area contributed by atoms with E-state index < -0.39 is 0 Å². The Bertz CT molecular complexity index is 290. The van der Waals surface area contributed by atoms with E-state index in [-0.39, 0.29) is 49.4 Å². The predicted octanol–water partition coefficient (Wildman–Crippen LogP) is 7.54. The van der Waals surface area contributed by atoms with Crippen molar-refractivity contribution in [1.82, 2.24) is 0 Å². The molecule has 4 fully saturated rings. The molecule has 2 aliphatic carbocycles. The van der Waals surface area contributed by atoms with E-state index in [4.69, 9.17) is 9.47 Å². The smallest absolute Gasteiger partial charge is 0.0466 e. The summed E-state index contributed by atoms with van der Waals surface area (Å²) in [4.78, 5) is 0. The molecule has 2 saturated carbocycles.